The average Bonchev–Trinajstić information content (AvgIpc) is 3.05. The Morgan fingerprint density at radius 3 is 2.52 bits per heavy atom. The third kappa shape index (κ3) is 4.46. The van der Waals surface area contributed by atoms with Crippen molar-refractivity contribution in [2.75, 3.05) is 6.54 Å². The van der Waals surface area contributed by atoms with Crippen LogP contribution in [0.2, 0.25) is 10.0 Å². The molecule has 0 radical (unpaired) electrons. The van der Waals surface area contributed by atoms with E-state index in [4.69, 9.17) is 23.2 Å². The van der Waals surface area contributed by atoms with Gasteiger partial charge in [-0.15, -0.1) is 0 Å². The van der Waals surface area contributed by atoms with Crippen LogP contribution in [0.25, 0.3) is 0 Å². The molecule has 2 rings (SSSR count). The van der Waals surface area contributed by atoms with Gasteiger partial charge in [0.25, 0.3) is 5.91 Å². The van der Waals surface area contributed by atoms with E-state index in [-0.39, 0.29) is 29.5 Å². The quantitative estimate of drug-likeness (QED) is 0.757. The van der Waals surface area contributed by atoms with E-state index in [1.165, 1.54) is 16.3 Å². The number of halogens is 5. The van der Waals surface area contributed by atoms with E-state index in [1.807, 2.05) is 6.92 Å². The Hall–Kier alpha value is -1.74. The molecule has 11 heteroatoms. The van der Waals surface area contributed by atoms with Gasteiger partial charge in [-0.2, -0.15) is 23.4 Å². The second kappa shape index (κ2) is 7.65. The summed E-state index contributed by atoms with van der Waals surface area (Å²) >= 11 is 11.6. The van der Waals surface area contributed by atoms with Gasteiger partial charge in [0.15, 0.2) is 11.4 Å². The molecular formula is C14H16Cl2F3N5O. The van der Waals surface area contributed by atoms with Gasteiger partial charge >= 0.3 is 6.18 Å². The van der Waals surface area contributed by atoms with Crippen LogP contribution < -0.4 is 5.32 Å². The fraction of sp³-hybridized carbons (Fsp3) is 0.500. The summed E-state index contributed by atoms with van der Waals surface area (Å²) in [5.41, 5.74) is -0.765. The zero-order valence-corrected chi connectivity index (χ0v) is 15.0. The Balaban J connectivity index is 1.91. The van der Waals surface area contributed by atoms with Crippen LogP contribution in [0.5, 0.6) is 0 Å². The second-order valence-electron chi connectivity index (χ2n) is 5.26. The van der Waals surface area contributed by atoms with Crippen molar-refractivity contribution in [1.82, 2.24) is 24.9 Å². The topological polar surface area (TPSA) is 64.7 Å². The smallest absolute Gasteiger partial charge is 0.351 e. The summed E-state index contributed by atoms with van der Waals surface area (Å²) in [4.78, 5) is 12.0. The van der Waals surface area contributed by atoms with E-state index in [2.05, 4.69) is 15.5 Å². The van der Waals surface area contributed by atoms with Crippen LogP contribution >= 0.6 is 23.2 Å². The number of carbonyl (C=O) groups excluding carboxylic acids is 1. The van der Waals surface area contributed by atoms with Crippen molar-refractivity contribution in [3.05, 3.63) is 33.3 Å². The Morgan fingerprint density at radius 2 is 2.00 bits per heavy atom. The van der Waals surface area contributed by atoms with Gasteiger partial charge in [-0.1, -0.05) is 23.2 Å². The fourth-order valence-electron chi connectivity index (χ4n) is 2.15. The van der Waals surface area contributed by atoms with E-state index >= 15 is 0 Å². The van der Waals surface area contributed by atoms with Crippen LogP contribution in [-0.4, -0.2) is 32.0 Å². The number of nitrogens with zero attached hydrogens (tertiary/aromatic N) is 4. The lowest BCUT2D eigenvalue weighted by Crippen LogP contribution is -2.26. The van der Waals surface area contributed by atoms with Gasteiger partial charge in [-0.05, 0) is 20.3 Å². The van der Waals surface area contributed by atoms with Crippen molar-refractivity contribution in [1.29, 1.82) is 0 Å². The van der Waals surface area contributed by atoms with E-state index < -0.39 is 22.8 Å². The van der Waals surface area contributed by atoms with Gasteiger partial charge in [0.05, 0.1) is 15.7 Å². The SMILES string of the molecule is CCn1cc(Cl)c(C(=O)NCCCn2nc(C(F)(F)F)c(Cl)c2C)n1. The van der Waals surface area contributed by atoms with Crippen molar-refractivity contribution >= 4 is 29.1 Å². The molecule has 2 heterocycles. The Morgan fingerprint density at radius 1 is 1.32 bits per heavy atom. The predicted molar refractivity (Wildman–Crippen MR) is 86.8 cm³/mol. The Bertz CT molecular complexity index is 769. The number of aromatic nitrogens is 4. The van der Waals surface area contributed by atoms with E-state index in [9.17, 15) is 18.0 Å². The molecule has 0 atom stereocenters. The van der Waals surface area contributed by atoms with E-state index in [0.29, 0.717) is 13.0 Å². The highest BCUT2D eigenvalue weighted by Gasteiger charge is 2.38. The number of alkyl halides is 3. The molecular weight excluding hydrogens is 382 g/mol. The molecule has 0 aliphatic rings. The number of hydrogen-bond acceptors (Lipinski definition) is 3. The molecule has 25 heavy (non-hydrogen) atoms. The maximum Gasteiger partial charge on any atom is 0.436 e. The lowest BCUT2D eigenvalue weighted by molar-refractivity contribution is -0.141. The van der Waals surface area contributed by atoms with Gasteiger partial charge in [0.1, 0.15) is 0 Å². The molecule has 6 nitrogen and oxygen atoms in total. The third-order valence-corrected chi connectivity index (χ3v) is 4.22. The number of carbonyl (C=O) groups is 1. The van der Waals surface area contributed by atoms with Crippen molar-refractivity contribution in [2.24, 2.45) is 0 Å². The largest absolute Gasteiger partial charge is 0.436 e. The fourth-order valence-corrected chi connectivity index (χ4v) is 2.63. The predicted octanol–water partition coefficient (Wildman–Crippen LogP) is 3.55. The summed E-state index contributed by atoms with van der Waals surface area (Å²) in [6, 6.07) is 0. The number of rotatable bonds is 6. The normalized spacial score (nSPS) is 11.8. The summed E-state index contributed by atoms with van der Waals surface area (Å²) in [7, 11) is 0. The molecule has 0 spiro atoms. The van der Waals surface area contributed by atoms with Crippen LogP contribution in [0.1, 0.15) is 35.2 Å². The number of hydrogen-bond donors (Lipinski definition) is 1. The molecule has 2 aromatic heterocycles. The lowest BCUT2D eigenvalue weighted by atomic mass is 10.3. The molecule has 0 unspecified atom stereocenters. The first-order chi connectivity index (χ1) is 11.6. The summed E-state index contributed by atoms with van der Waals surface area (Å²) < 4.78 is 41.0. The third-order valence-electron chi connectivity index (χ3n) is 3.49. The Labute approximate surface area is 151 Å². The maximum atomic E-state index is 12.8. The highest BCUT2D eigenvalue weighted by Crippen LogP contribution is 2.35. The van der Waals surface area contributed by atoms with Gasteiger partial charge in [-0.3, -0.25) is 14.2 Å². The molecule has 0 aliphatic heterocycles. The first kappa shape index (κ1) is 19.6. The first-order valence-corrected chi connectivity index (χ1v) is 8.22. The molecule has 1 N–H and O–H groups in total. The van der Waals surface area contributed by atoms with Crippen LogP contribution in [-0.2, 0) is 19.3 Å². The number of amides is 1. The minimum atomic E-state index is -4.60. The minimum Gasteiger partial charge on any atom is -0.351 e. The highest BCUT2D eigenvalue weighted by atomic mass is 35.5. The molecule has 0 saturated heterocycles. The van der Waals surface area contributed by atoms with E-state index in [1.54, 1.807) is 6.20 Å². The lowest BCUT2D eigenvalue weighted by Gasteiger charge is -2.06. The van der Waals surface area contributed by atoms with E-state index in [0.717, 1.165) is 0 Å². The van der Waals surface area contributed by atoms with Crippen molar-refractivity contribution < 1.29 is 18.0 Å². The molecule has 1 amide bonds. The summed E-state index contributed by atoms with van der Waals surface area (Å²) in [5, 5.41) is 9.98. The Kier molecular flexibility index (Phi) is 5.99. The second-order valence-corrected chi connectivity index (χ2v) is 6.04. The monoisotopic (exact) mass is 397 g/mol. The molecule has 0 aromatic carbocycles. The standard InChI is InChI=1S/C14H16Cl2F3N5O/c1-3-23-7-9(15)11(21-23)13(25)20-5-4-6-24-8(2)10(16)12(22-24)14(17,18)19/h7H,3-6H2,1-2H3,(H,20,25). The number of aryl methyl sites for hydroxylation is 2. The zero-order valence-electron chi connectivity index (χ0n) is 13.5. The highest BCUT2D eigenvalue weighted by molar-refractivity contribution is 6.33. The zero-order chi connectivity index (χ0) is 18.8. The maximum absolute atomic E-state index is 12.8. The molecule has 0 saturated carbocycles. The van der Waals surface area contributed by atoms with Gasteiger partial charge in [0, 0.05) is 25.8 Å². The van der Waals surface area contributed by atoms with Crippen LogP contribution in [0.4, 0.5) is 13.2 Å². The van der Waals surface area contributed by atoms with Crippen LogP contribution in [0, 0.1) is 6.92 Å². The van der Waals surface area contributed by atoms with Gasteiger partial charge < -0.3 is 5.32 Å². The molecule has 138 valence electrons. The molecule has 0 bridgehead atoms. The van der Waals surface area contributed by atoms with Crippen molar-refractivity contribution in [3.63, 3.8) is 0 Å². The summed E-state index contributed by atoms with van der Waals surface area (Å²) in [5.74, 6) is -0.441. The average molecular weight is 398 g/mol. The first-order valence-electron chi connectivity index (χ1n) is 7.46. The van der Waals surface area contributed by atoms with Crippen LogP contribution in [0.3, 0.4) is 0 Å². The summed E-state index contributed by atoms with van der Waals surface area (Å²) in [6.45, 7) is 4.30. The van der Waals surface area contributed by atoms with Gasteiger partial charge in [-0.25, -0.2) is 0 Å². The van der Waals surface area contributed by atoms with Crippen LogP contribution in [0.15, 0.2) is 6.20 Å². The van der Waals surface area contributed by atoms with Crippen molar-refractivity contribution in [3.8, 4) is 0 Å². The number of nitrogens with one attached hydrogen (secondary N) is 1. The van der Waals surface area contributed by atoms with Crippen molar-refractivity contribution in [2.45, 2.75) is 39.5 Å². The molecule has 0 aliphatic carbocycles. The molecule has 2 aromatic rings. The van der Waals surface area contributed by atoms with Gasteiger partial charge in [0.2, 0.25) is 0 Å². The minimum absolute atomic E-state index is 0.112. The summed E-state index contributed by atoms with van der Waals surface area (Å²) in [6.07, 6.45) is -2.69. The molecule has 0 fully saturated rings.